The van der Waals surface area contributed by atoms with E-state index >= 15 is 4.39 Å². The predicted octanol–water partition coefficient (Wildman–Crippen LogP) is 2.91. The summed E-state index contributed by atoms with van der Waals surface area (Å²) in [7, 11) is -1.81. The first-order valence-electron chi connectivity index (χ1n) is 16.5. The number of nitrogens with one attached hydrogen (secondary N) is 3. The zero-order valence-electron chi connectivity index (χ0n) is 28.1. The number of hydrogen-bond donors (Lipinski definition) is 3. The molecular formula is C32H48FN7O6S. The molecule has 3 amide bonds. The maximum Gasteiger partial charge on any atom is 0.276 e. The van der Waals surface area contributed by atoms with Gasteiger partial charge in [-0.25, -0.2) is 22.2 Å². The molecule has 2 aromatic rings. The average Bonchev–Trinajstić information content (AvgIpc) is 3.54. The summed E-state index contributed by atoms with van der Waals surface area (Å²) in [5.74, 6) is -2.89. The lowest BCUT2D eigenvalue weighted by Crippen LogP contribution is -2.58. The largest absolute Gasteiger partial charge is 0.338 e. The van der Waals surface area contributed by atoms with E-state index in [0.29, 0.717) is 56.1 Å². The van der Waals surface area contributed by atoms with Crippen LogP contribution in [-0.4, -0.2) is 96.8 Å². The number of aromatic nitrogens is 2. The van der Waals surface area contributed by atoms with E-state index in [0.717, 1.165) is 12.8 Å². The van der Waals surface area contributed by atoms with Crippen molar-refractivity contribution in [2.45, 2.75) is 90.8 Å². The minimum absolute atomic E-state index is 0.00725. The van der Waals surface area contributed by atoms with Crippen molar-refractivity contribution in [1.82, 2.24) is 30.2 Å². The molecule has 1 aliphatic carbocycles. The van der Waals surface area contributed by atoms with Crippen LogP contribution in [0.15, 0.2) is 22.8 Å². The van der Waals surface area contributed by atoms with Gasteiger partial charge in [-0.3, -0.25) is 14.4 Å². The normalized spacial score (nSPS) is 22.7. The van der Waals surface area contributed by atoms with Gasteiger partial charge in [0.05, 0.1) is 11.4 Å². The van der Waals surface area contributed by atoms with Gasteiger partial charge in [0.2, 0.25) is 21.8 Å². The van der Waals surface area contributed by atoms with Crippen LogP contribution in [0.25, 0.3) is 0 Å². The molecule has 1 aromatic carbocycles. The first-order valence-corrected chi connectivity index (χ1v) is 18.1. The molecule has 4 rings (SSSR count). The zero-order chi connectivity index (χ0) is 34.5. The van der Waals surface area contributed by atoms with Crippen molar-refractivity contribution in [3.8, 4) is 0 Å². The molecule has 0 unspecified atom stereocenters. The molecule has 2 fully saturated rings. The summed E-state index contributed by atoms with van der Waals surface area (Å²) in [5, 5.41) is 12.9. The van der Waals surface area contributed by atoms with Crippen molar-refractivity contribution in [2.75, 3.05) is 37.8 Å². The van der Waals surface area contributed by atoms with Gasteiger partial charge in [-0.15, -0.1) is 0 Å². The molecule has 3 N–H and O–H groups in total. The summed E-state index contributed by atoms with van der Waals surface area (Å²) in [6.45, 7) is 10.6. The minimum Gasteiger partial charge on any atom is -0.338 e. The number of hydrogen-bond acceptors (Lipinski definition) is 9. The smallest absolute Gasteiger partial charge is 0.276 e. The summed E-state index contributed by atoms with van der Waals surface area (Å²) in [4.78, 5) is 44.2. The van der Waals surface area contributed by atoms with Crippen LogP contribution in [0.3, 0.4) is 0 Å². The van der Waals surface area contributed by atoms with Gasteiger partial charge in [-0.2, -0.15) is 0 Å². The van der Waals surface area contributed by atoms with Crippen LogP contribution in [0.5, 0.6) is 0 Å². The Kier molecular flexibility index (Phi) is 12.1. The highest BCUT2D eigenvalue weighted by Crippen LogP contribution is 2.32. The fraction of sp³-hybridized carbons (Fsp3) is 0.656. The number of halogens is 1. The van der Waals surface area contributed by atoms with Crippen molar-refractivity contribution in [3.63, 3.8) is 0 Å². The molecule has 1 saturated heterocycles. The predicted molar refractivity (Wildman–Crippen MR) is 175 cm³/mol. The van der Waals surface area contributed by atoms with E-state index in [4.69, 9.17) is 4.63 Å². The number of benzene rings is 1. The number of piperazine rings is 1. The second-order valence-corrected chi connectivity index (χ2v) is 15.1. The van der Waals surface area contributed by atoms with Gasteiger partial charge in [0.1, 0.15) is 23.6 Å². The minimum atomic E-state index is -3.78. The van der Waals surface area contributed by atoms with Gasteiger partial charge in [0, 0.05) is 31.6 Å². The molecule has 1 aromatic heterocycles. The Morgan fingerprint density at radius 3 is 2.40 bits per heavy atom. The van der Waals surface area contributed by atoms with Crippen LogP contribution in [0, 0.1) is 17.7 Å². The number of likely N-dealkylation sites (N-methyl/N-ethyl adjacent to an activating group) is 1. The number of nitrogens with zero attached hydrogens (tertiary/aromatic N) is 4. The summed E-state index contributed by atoms with van der Waals surface area (Å²) in [6.07, 6.45) is 3.63. The SMILES string of the molecule is CCc1nonc1C(=O)N[C@H](C(=O)Nc1ccc([C@H](C)[C@@H](NS(=O)(=O)CC)C(=O)N2CCN(C)[C@@H](C)C2)cc1F)[C@H]1CC[C@H](C)CC1. The van der Waals surface area contributed by atoms with Crippen molar-refractivity contribution < 1.29 is 31.8 Å². The van der Waals surface area contributed by atoms with Gasteiger partial charge in [0.15, 0.2) is 5.69 Å². The molecule has 1 aliphatic heterocycles. The van der Waals surface area contributed by atoms with E-state index in [1.54, 1.807) is 24.8 Å². The topological polar surface area (TPSA) is 167 Å². The van der Waals surface area contributed by atoms with E-state index in [1.807, 2.05) is 14.0 Å². The molecule has 0 spiro atoms. The molecule has 4 atom stereocenters. The third-order valence-corrected chi connectivity index (χ3v) is 11.1. The fourth-order valence-electron chi connectivity index (χ4n) is 6.24. The molecule has 0 bridgehead atoms. The number of carbonyl (C=O) groups is 3. The summed E-state index contributed by atoms with van der Waals surface area (Å²) < 4.78 is 48.2. The quantitative estimate of drug-likeness (QED) is 0.306. The lowest BCUT2D eigenvalue weighted by molar-refractivity contribution is -0.136. The number of carbonyl (C=O) groups excluding carboxylic acids is 3. The number of aryl methyl sites for hydroxylation is 1. The van der Waals surface area contributed by atoms with Crippen molar-refractivity contribution in [3.05, 3.63) is 41.0 Å². The van der Waals surface area contributed by atoms with Crippen molar-refractivity contribution in [1.29, 1.82) is 0 Å². The Morgan fingerprint density at radius 2 is 1.79 bits per heavy atom. The van der Waals surface area contributed by atoms with E-state index < -0.39 is 45.7 Å². The van der Waals surface area contributed by atoms with E-state index in [-0.39, 0.29) is 35.0 Å². The number of sulfonamides is 1. The number of rotatable bonds is 12. The second-order valence-electron chi connectivity index (χ2n) is 13.0. The maximum atomic E-state index is 15.7. The molecule has 1 saturated carbocycles. The van der Waals surface area contributed by atoms with Gasteiger partial charge in [-0.05, 0) is 74.8 Å². The highest BCUT2D eigenvalue weighted by atomic mass is 32.2. The molecule has 2 aliphatic rings. The number of amides is 3. The third kappa shape index (κ3) is 8.93. The van der Waals surface area contributed by atoms with Crippen molar-refractivity contribution >= 4 is 33.4 Å². The Morgan fingerprint density at radius 1 is 1.09 bits per heavy atom. The van der Waals surface area contributed by atoms with E-state index in [9.17, 15) is 22.8 Å². The molecule has 260 valence electrons. The maximum absolute atomic E-state index is 15.7. The molecule has 47 heavy (non-hydrogen) atoms. The van der Waals surface area contributed by atoms with Crippen LogP contribution < -0.4 is 15.4 Å². The van der Waals surface area contributed by atoms with Gasteiger partial charge in [-0.1, -0.05) is 44.8 Å². The molecule has 2 heterocycles. The lowest BCUT2D eigenvalue weighted by Gasteiger charge is -2.40. The fourth-order valence-corrected chi connectivity index (χ4v) is 7.10. The lowest BCUT2D eigenvalue weighted by atomic mass is 9.79. The van der Waals surface area contributed by atoms with Gasteiger partial charge >= 0.3 is 0 Å². The van der Waals surface area contributed by atoms with Crippen LogP contribution in [-0.2, 0) is 26.0 Å². The second kappa shape index (κ2) is 15.6. The molecular weight excluding hydrogens is 629 g/mol. The average molecular weight is 678 g/mol. The highest BCUT2D eigenvalue weighted by molar-refractivity contribution is 7.89. The van der Waals surface area contributed by atoms with Crippen LogP contribution in [0.4, 0.5) is 10.1 Å². The van der Waals surface area contributed by atoms with Gasteiger partial charge in [0.25, 0.3) is 5.91 Å². The molecule has 13 nitrogen and oxygen atoms in total. The number of anilines is 1. The van der Waals surface area contributed by atoms with Gasteiger partial charge < -0.3 is 20.4 Å². The Balaban J connectivity index is 1.54. The summed E-state index contributed by atoms with van der Waals surface area (Å²) in [5.41, 5.74) is 0.663. The van der Waals surface area contributed by atoms with Crippen LogP contribution in [0.1, 0.15) is 88.0 Å². The molecule has 0 radical (unpaired) electrons. The first-order chi connectivity index (χ1) is 22.2. The Bertz CT molecular complexity index is 1530. The monoisotopic (exact) mass is 677 g/mol. The first kappa shape index (κ1) is 36.4. The Labute approximate surface area is 276 Å². The highest BCUT2D eigenvalue weighted by Gasteiger charge is 2.37. The Hall–Kier alpha value is -3.43. The molecule has 15 heteroatoms. The van der Waals surface area contributed by atoms with Crippen LogP contribution >= 0.6 is 0 Å². The van der Waals surface area contributed by atoms with E-state index in [1.165, 1.54) is 19.1 Å². The van der Waals surface area contributed by atoms with Crippen molar-refractivity contribution in [2.24, 2.45) is 11.8 Å². The standard InChI is InChI=1S/C32H48FN7O6S/c1-7-25-29(37-46-36-25)31(42)35-28(22-11-9-19(3)10-12-22)30(41)34-26-14-13-23(17-24(26)33)21(5)27(38-47(44,45)8-2)32(43)40-16-15-39(6)20(4)18-40/h13-14,17,19-22,27-28,38H,7-12,15-16,18H2,1-6H3,(H,34,41)(H,35,42)/t19-,20-,21-,22-,27+,28-/m0/s1. The summed E-state index contributed by atoms with van der Waals surface area (Å²) in [6, 6.07) is 2.16. The summed E-state index contributed by atoms with van der Waals surface area (Å²) >= 11 is 0. The van der Waals surface area contributed by atoms with E-state index in [2.05, 4.69) is 37.5 Å². The third-order valence-electron chi connectivity index (χ3n) is 9.71. The zero-order valence-corrected chi connectivity index (χ0v) is 28.9. The van der Waals surface area contributed by atoms with Crippen LogP contribution in [0.2, 0.25) is 0 Å².